The first-order chi connectivity index (χ1) is 6.63. The molecule has 0 saturated carbocycles. The van der Waals surface area contributed by atoms with E-state index >= 15 is 0 Å². The van der Waals surface area contributed by atoms with Gasteiger partial charge in [0.1, 0.15) is 0 Å². The highest BCUT2D eigenvalue weighted by molar-refractivity contribution is 9.10. The Labute approximate surface area is 94.3 Å². The van der Waals surface area contributed by atoms with Gasteiger partial charge in [-0.2, -0.15) is 0 Å². The molecule has 2 unspecified atom stereocenters. The monoisotopic (exact) mass is 256 g/mol. The van der Waals surface area contributed by atoms with Crippen molar-refractivity contribution in [1.29, 1.82) is 0 Å². The predicted molar refractivity (Wildman–Crippen MR) is 63.4 cm³/mol. The van der Waals surface area contributed by atoms with Crippen molar-refractivity contribution < 1.29 is 5.11 Å². The van der Waals surface area contributed by atoms with Crippen LogP contribution in [0, 0.1) is 5.92 Å². The third kappa shape index (κ3) is 3.43. The smallest absolute Gasteiger partial charge is 0.0456 e. The molecule has 1 N–H and O–H groups in total. The predicted octanol–water partition coefficient (Wildman–Crippen LogP) is 3.57. The van der Waals surface area contributed by atoms with Gasteiger partial charge in [0.2, 0.25) is 0 Å². The lowest BCUT2D eigenvalue weighted by Crippen LogP contribution is -2.05. The molecule has 0 spiro atoms. The molecule has 0 aliphatic carbocycles. The fraction of sp³-hybridized carbons (Fsp3) is 0.500. The zero-order chi connectivity index (χ0) is 10.6. The molecule has 0 aliphatic rings. The maximum Gasteiger partial charge on any atom is 0.0456 e. The minimum atomic E-state index is 0.279. The first-order valence-electron chi connectivity index (χ1n) is 4.99. The average Bonchev–Trinajstić information content (AvgIpc) is 2.18. The highest BCUT2D eigenvalue weighted by Gasteiger charge is 2.09. The van der Waals surface area contributed by atoms with Crippen LogP contribution in [0.15, 0.2) is 28.7 Å². The van der Waals surface area contributed by atoms with Gasteiger partial charge in [-0.3, -0.25) is 0 Å². The molecule has 78 valence electrons. The molecule has 0 radical (unpaired) electrons. The van der Waals surface area contributed by atoms with Crippen LogP contribution in [-0.2, 0) is 0 Å². The van der Waals surface area contributed by atoms with Crippen molar-refractivity contribution >= 4 is 15.9 Å². The Kier molecular flexibility index (Phi) is 4.63. The third-order valence-electron chi connectivity index (χ3n) is 2.51. The normalized spacial score (nSPS) is 15.1. The van der Waals surface area contributed by atoms with Gasteiger partial charge in [-0.15, -0.1) is 0 Å². The van der Waals surface area contributed by atoms with Crippen LogP contribution >= 0.6 is 15.9 Å². The van der Waals surface area contributed by atoms with Crippen LogP contribution in [0.4, 0.5) is 0 Å². The summed E-state index contributed by atoms with van der Waals surface area (Å²) in [5, 5.41) is 8.97. The number of aliphatic hydroxyl groups is 1. The quantitative estimate of drug-likeness (QED) is 0.874. The van der Waals surface area contributed by atoms with E-state index in [1.165, 1.54) is 5.56 Å². The van der Waals surface area contributed by atoms with Crippen LogP contribution in [0.3, 0.4) is 0 Å². The lowest BCUT2D eigenvalue weighted by Gasteiger charge is -2.15. The lowest BCUT2D eigenvalue weighted by atomic mass is 9.92. The molecule has 1 nitrogen and oxygen atoms in total. The van der Waals surface area contributed by atoms with Crippen LogP contribution in [0.1, 0.15) is 31.7 Å². The van der Waals surface area contributed by atoms with E-state index in [1.807, 2.05) is 0 Å². The summed E-state index contributed by atoms with van der Waals surface area (Å²) < 4.78 is 1.11. The number of rotatable bonds is 4. The van der Waals surface area contributed by atoms with Crippen molar-refractivity contribution in [1.82, 2.24) is 0 Å². The van der Waals surface area contributed by atoms with Crippen LogP contribution in [0.2, 0.25) is 0 Å². The summed E-state index contributed by atoms with van der Waals surface area (Å²) in [7, 11) is 0. The van der Waals surface area contributed by atoms with E-state index in [2.05, 4.69) is 54.0 Å². The molecule has 0 amide bonds. The fourth-order valence-electron chi connectivity index (χ4n) is 1.61. The number of halogens is 1. The van der Waals surface area contributed by atoms with E-state index in [4.69, 9.17) is 5.11 Å². The van der Waals surface area contributed by atoms with Gasteiger partial charge >= 0.3 is 0 Å². The van der Waals surface area contributed by atoms with Crippen molar-refractivity contribution in [2.45, 2.75) is 26.2 Å². The summed E-state index contributed by atoms with van der Waals surface area (Å²) in [5.41, 5.74) is 1.34. The summed E-state index contributed by atoms with van der Waals surface area (Å²) in [6, 6.07) is 8.41. The summed E-state index contributed by atoms with van der Waals surface area (Å²) in [6.07, 6.45) is 1.04. The molecule has 0 fully saturated rings. The molecule has 14 heavy (non-hydrogen) atoms. The minimum Gasteiger partial charge on any atom is -0.396 e. The van der Waals surface area contributed by atoms with Crippen molar-refractivity contribution in [3.05, 3.63) is 34.3 Å². The van der Waals surface area contributed by atoms with Crippen molar-refractivity contribution in [2.24, 2.45) is 5.92 Å². The Hall–Kier alpha value is -0.340. The topological polar surface area (TPSA) is 20.2 Å². The van der Waals surface area contributed by atoms with E-state index in [0.29, 0.717) is 11.8 Å². The summed E-state index contributed by atoms with van der Waals surface area (Å²) in [6.45, 7) is 4.56. The first kappa shape index (κ1) is 11.7. The Morgan fingerprint density at radius 1 is 1.21 bits per heavy atom. The average molecular weight is 257 g/mol. The molecule has 2 heteroatoms. The second-order valence-electron chi connectivity index (χ2n) is 3.98. The van der Waals surface area contributed by atoms with Crippen molar-refractivity contribution in [2.75, 3.05) is 6.61 Å². The molecule has 0 aromatic heterocycles. The highest BCUT2D eigenvalue weighted by atomic mass is 79.9. The SMILES string of the molecule is CC(CO)CC(C)c1ccc(Br)cc1. The first-order valence-corrected chi connectivity index (χ1v) is 5.79. The summed E-state index contributed by atoms with van der Waals surface area (Å²) in [4.78, 5) is 0. The Balaban J connectivity index is 2.60. The van der Waals surface area contributed by atoms with Gasteiger partial charge in [-0.05, 0) is 36.0 Å². The molecule has 1 rings (SSSR count). The molecular formula is C12H17BrO. The second-order valence-corrected chi connectivity index (χ2v) is 4.89. The standard InChI is InChI=1S/C12H17BrO/c1-9(8-14)7-10(2)11-3-5-12(13)6-4-11/h3-6,9-10,14H,7-8H2,1-2H3. The number of benzene rings is 1. The maximum absolute atomic E-state index is 8.97. The van der Waals surface area contributed by atoms with E-state index in [1.54, 1.807) is 0 Å². The van der Waals surface area contributed by atoms with Gasteiger partial charge < -0.3 is 5.11 Å². The van der Waals surface area contributed by atoms with E-state index in [0.717, 1.165) is 10.9 Å². The maximum atomic E-state index is 8.97. The number of hydrogen-bond donors (Lipinski definition) is 1. The van der Waals surface area contributed by atoms with Gasteiger partial charge in [0, 0.05) is 11.1 Å². The Bertz CT molecular complexity index is 268. The van der Waals surface area contributed by atoms with E-state index < -0.39 is 0 Å². The zero-order valence-corrected chi connectivity index (χ0v) is 10.3. The zero-order valence-electron chi connectivity index (χ0n) is 8.70. The molecule has 0 bridgehead atoms. The molecule has 2 atom stereocenters. The van der Waals surface area contributed by atoms with Gasteiger partial charge in [-0.1, -0.05) is 41.9 Å². The Morgan fingerprint density at radius 3 is 2.29 bits per heavy atom. The summed E-state index contributed by atoms with van der Waals surface area (Å²) in [5.74, 6) is 0.902. The minimum absolute atomic E-state index is 0.279. The highest BCUT2D eigenvalue weighted by Crippen LogP contribution is 2.24. The molecule has 0 saturated heterocycles. The molecule has 0 heterocycles. The lowest BCUT2D eigenvalue weighted by molar-refractivity contribution is 0.225. The van der Waals surface area contributed by atoms with Crippen LogP contribution in [-0.4, -0.2) is 11.7 Å². The molecule has 0 aliphatic heterocycles. The molecular weight excluding hydrogens is 240 g/mol. The van der Waals surface area contributed by atoms with Crippen molar-refractivity contribution in [3.63, 3.8) is 0 Å². The van der Waals surface area contributed by atoms with E-state index in [9.17, 15) is 0 Å². The number of hydrogen-bond acceptors (Lipinski definition) is 1. The van der Waals surface area contributed by atoms with Crippen LogP contribution in [0.5, 0.6) is 0 Å². The van der Waals surface area contributed by atoms with E-state index in [-0.39, 0.29) is 6.61 Å². The number of aliphatic hydroxyl groups excluding tert-OH is 1. The molecule has 1 aromatic rings. The fourth-order valence-corrected chi connectivity index (χ4v) is 1.87. The van der Waals surface area contributed by atoms with Crippen molar-refractivity contribution in [3.8, 4) is 0 Å². The Morgan fingerprint density at radius 2 is 1.79 bits per heavy atom. The van der Waals surface area contributed by atoms with Gasteiger partial charge in [0.25, 0.3) is 0 Å². The van der Waals surface area contributed by atoms with Gasteiger partial charge in [0.15, 0.2) is 0 Å². The van der Waals surface area contributed by atoms with Crippen LogP contribution in [0.25, 0.3) is 0 Å². The second kappa shape index (κ2) is 5.52. The van der Waals surface area contributed by atoms with Crippen LogP contribution < -0.4 is 0 Å². The van der Waals surface area contributed by atoms with Gasteiger partial charge in [0.05, 0.1) is 0 Å². The third-order valence-corrected chi connectivity index (χ3v) is 3.04. The van der Waals surface area contributed by atoms with Gasteiger partial charge in [-0.25, -0.2) is 0 Å². The molecule has 1 aromatic carbocycles. The summed E-state index contributed by atoms with van der Waals surface area (Å²) >= 11 is 3.42. The largest absolute Gasteiger partial charge is 0.396 e.